The third-order valence-corrected chi connectivity index (χ3v) is 38.5. The van der Waals surface area contributed by atoms with Crippen LogP contribution in [0.1, 0.15) is 206 Å². The van der Waals surface area contributed by atoms with E-state index in [1.165, 1.54) is 82.2 Å². The maximum Gasteiger partial charge on any atom is 1.00 e. The Kier molecular flexibility index (Phi) is 38.6. The van der Waals surface area contributed by atoms with E-state index in [2.05, 4.69) is 259 Å². The number of imidazole rings is 5. The number of para-hydroxylation sites is 5. The first-order valence-electron chi connectivity index (χ1n) is 47.5. The van der Waals surface area contributed by atoms with Gasteiger partial charge in [0.05, 0.1) is 91.6 Å². The second-order valence-corrected chi connectivity index (χ2v) is 58.6. The van der Waals surface area contributed by atoms with Gasteiger partial charge in [-0.25, -0.2) is 59.3 Å². The van der Waals surface area contributed by atoms with E-state index < -0.39 is 73.9 Å². The minimum absolute atomic E-state index is 0. The maximum atomic E-state index is 13.0. The van der Waals surface area contributed by atoms with Crippen LogP contribution in [-0.4, -0.2) is 139 Å². The van der Waals surface area contributed by atoms with Gasteiger partial charge >= 0.3 is 139 Å². The van der Waals surface area contributed by atoms with E-state index in [-0.39, 0.29) is 68.7 Å². The number of halogens is 6. The van der Waals surface area contributed by atoms with Gasteiger partial charge in [-0.05, 0) is 142 Å². The summed E-state index contributed by atoms with van der Waals surface area (Å²) in [5.41, 5.74) is 14.5. The first-order chi connectivity index (χ1) is 67.9. The molecule has 3 aliphatic rings. The fourth-order valence-electron chi connectivity index (χ4n) is 20.1. The fraction of sp³-hybridized carbons (Fsp3) is 0.286. The molecule has 737 valence electrons. The largest absolute Gasteiger partial charge is 1.00 e. The number of ketones is 1. The second kappa shape index (κ2) is 48.8. The number of aliphatic carboxylic acids is 1. The summed E-state index contributed by atoms with van der Waals surface area (Å²) in [5.74, 6) is -0.695. The van der Waals surface area contributed by atoms with Crippen molar-refractivity contribution in [1.82, 2.24) is 46.9 Å². The third kappa shape index (κ3) is 22.4. The van der Waals surface area contributed by atoms with E-state index in [0.717, 1.165) is 132 Å². The Labute approximate surface area is 920 Å². The summed E-state index contributed by atoms with van der Waals surface area (Å²) >= 11 is 16.4. The number of aliphatic hydroxyl groups is 2. The zero-order chi connectivity index (χ0) is 102. The molecule has 0 aliphatic carbocycles. The SMILES string of the molecule is CC(=S)OC1c2cccc3c4ccccc4c4ncc(n4c23)C1(C)C.CC(C)(C(=O)Cl)c1cnc2c3ccccc3c3ccccc3n12.CC(C)(C(=O)O)c1cnc2c3ccccc3c3ccccc3n12.CC1(C)C(=O)c2cccc3c4ccccc4c4ncc1n4c23.CC1(C)c2cnc3c4ccccc4c4cccc(c4n23)C1O.CCC[CH2][SnH]([CH2]CCC)[CH2]CCC.CCO.O=S(Cl)Cl.S=C=S.[B].[Cl][Al]([Cl])[Cl].[H-].[Na+]. The number of hydrogen-bond acceptors (Lipinski definition) is 15. The van der Waals surface area contributed by atoms with Gasteiger partial charge < -0.3 is 21.5 Å². The van der Waals surface area contributed by atoms with Crippen molar-refractivity contribution in [2.24, 2.45) is 0 Å². The van der Waals surface area contributed by atoms with Crippen LogP contribution in [-0.2, 0) is 50.6 Å². The van der Waals surface area contributed by atoms with Crippen LogP contribution in [0.5, 0.6) is 0 Å². The van der Waals surface area contributed by atoms with Crippen molar-refractivity contribution in [2.45, 2.75) is 195 Å². The van der Waals surface area contributed by atoms with Crippen molar-refractivity contribution in [3.8, 4) is 0 Å². The molecule has 10 aromatic heterocycles. The molecule has 13 heterocycles. The number of carbonyl (C=O) groups is 3. The number of pyridine rings is 5. The number of thiocarbonyl (C=S) groups is 3. The van der Waals surface area contributed by atoms with Gasteiger partial charge in [0.15, 0.2) is 10.8 Å². The third-order valence-electron chi connectivity index (χ3n) is 27.4. The van der Waals surface area contributed by atoms with Gasteiger partial charge in [0.25, 0.3) is 0 Å². The number of carboxylic acids is 1. The molecule has 3 N–H and O–H groups in total. The maximum absolute atomic E-state index is 13.0. The van der Waals surface area contributed by atoms with Crippen molar-refractivity contribution in [3.63, 3.8) is 0 Å². The van der Waals surface area contributed by atoms with E-state index in [0.29, 0.717) is 10.7 Å². The van der Waals surface area contributed by atoms with Crippen LogP contribution in [0.25, 0.3) is 137 Å². The van der Waals surface area contributed by atoms with Crippen LogP contribution in [0.2, 0.25) is 13.3 Å². The Morgan fingerprint density at radius 3 is 1.12 bits per heavy atom. The molecule has 0 saturated carbocycles. The minimum Gasteiger partial charge on any atom is -1.00 e. The summed E-state index contributed by atoms with van der Waals surface area (Å²) in [4.78, 5) is 59.9. The number of carboxylic acid groups (broad SMARTS) is 1. The second-order valence-electron chi connectivity index (χ2n) is 38.2. The molecule has 10 aromatic carbocycles. The van der Waals surface area contributed by atoms with Crippen LogP contribution in [0.3, 0.4) is 0 Å². The molecule has 2 atom stereocenters. The number of rotatable bonds is 14. The molecule has 23 rings (SSSR count). The number of benzene rings is 10. The molecular formula is C112H114AlBCl6N10NaO8S4Sn. The molecule has 20 aromatic rings. The molecule has 2 unspecified atom stereocenters. The number of fused-ring (bicyclic) bond motifs is 21. The van der Waals surface area contributed by atoms with Crippen molar-refractivity contribution in [3.05, 3.63) is 301 Å². The van der Waals surface area contributed by atoms with Gasteiger partial charge in [-0.1, -0.05) is 234 Å². The Morgan fingerprint density at radius 2 is 0.757 bits per heavy atom. The Hall–Kier alpha value is -8.62. The minimum atomic E-state index is -1.72. The van der Waals surface area contributed by atoms with E-state index in [1.807, 2.05) is 159 Å². The molecule has 32 heteroatoms. The Morgan fingerprint density at radius 1 is 0.472 bits per heavy atom. The first kappa shape index (κ1) is 114. The van der Waals surface area contributed by atoms with Crippen LogP contribution < -0.4 is 29.6 Å². The number of Topliss-reactive ketones (excluding diaryl/α,β-unsaturated/α-hetero) is 1. The van der Waals surface area contributed by atoms with Crippen LogP contribution in [0.15, 0.2) is 255 Å². The van der Waals surface area contributed by atoms with Crippen LogP contribution >= 0.6 is 99.8 Å². The zero-order valence-electron chi connectivity index (χ0n) is 84.5. The summed E-state index contributed by atoms with van der Waals surface area (Å²) < 4.78 is 33.0. The van der Waals surface area contributed by atoms with Gasteiger partial charge in [0.1, 0.15) is 39.8 Å². The molecule has 3 aliphatic heterocycles. The summed E-state index contributed by atoms with van der Waals surface area (Å²) in [7, 11) is 22.2. The zero-order valence-corrected chi connectivity index (χ0v) is 97.7. The van der Waals surface area contributed by atoms with Crippen molar-refractivity contribution in [2.75, 3.05) is 6.61 Å². The molecule has 0 saturated heterocycles. The number of hydrogen-bond donors (Lipinski definition) is 3. The average molecular weight is 2250 g/mol. The van der Waals surface area contributed by atoms with Gasteiger partial charge in [0.2, 0.25) is 14.5 Å². The number of ether oxygens (including phenoxy) is 1. The van der Waals surface area contributed by atoms with Crippen molar-refractivity contribution >= 4 is 312 Å². The molecule has 3 radical (unpaired) electrons. The van der Waals surface area contributed by atoms with Crippen LogP contribution in [0, 0.1) is 0 Å². The Balaban J connectivity index is 0.000000162. The number of aliphatic hydroxyl groups excluding tert-OH is 2. The normalized spacial score (nSPS) is 14.2. The topological polar surface area (TPSA) is 225 Å². The number of carbonyl (C=O) groups excluding carboxylic acids is 2. The van der Waals surface area contributed by atoms with Gasteiger partial charge in [0, 0.05) is 141 Å². The molecule has 0 spiro atoms. The molecule has 144 heavy (non-hydrogen) atoms. The Bertz CT molecular complexity index is 8090. The molecule has 0 amide bonds. The molecular weight excluding hydrogens is 2130 g/mol. The van der Waals surface area contributed by atoms with Gasteiger partial charge in [-0.2, -0.15) is 0 Å². The smallest absolute Gasteiger partial charge is 1.00 e. The summed E-state index contributed by atoms with van der Waals surface area (Å²) in [6.07, 6.45) is 17.4. The predicted molar refractivity (Wildman–Crippen MR) is 615 cm³/mol. The van der Waals surface area contributed by atoms with E-state index in [1.54, 1.807) is 46.5 Å². The van der Waals surface area contributed by atoms with Gasteiger partial charge in [-0.3, -0.25) is 36.4 Å². The standard InChI is InChI=1S/C21H18N2OS.C19H15ClN2O.C19H16N2O2.C19H16N2O.C19H14N2O.3C4H9.C2H6O.CS2.Al.B.Cl2OS.3ClH.Na.Sn.2H/c1-12(25)24-19-16-10-6-9-14-13-7-4-5-8-15(13)20-22-11-17(21(19,2)3)23(20)18(14)16;1-19(2,18(20)23)16-11-21-17-14-9-4-3-7-12(14)13-8-5-6-10-15(13)22(16)17;1-19(2,18(22)23)16-11-20-17-14-9-4-3-7-12(14)13-8-5-6-10-15(13)21(16)17;2*1-19(2)15-10-20-18-13-7-4-3-6-11(13)12-8-5-9-14(17(19)22)16(12)21(15)18;3*1-3-4-2;1-2-3;2-1-3;;;1-4(2)3;;;;;;;/h4-11,19H,1-3H3;3-11H,1-2H3;3-11H,1-2H3,(H,22,23);3-10,17,22H,1-2H3;3-10H,1-2H3;3*1,3-4H2,2H3;3H,2H2,1H3;;;;;3*1H;;;;/q;;;;;;;;;;+3;;;;;;+1;;;-1/p-3. The molecule has 18 nitrogen and oxygen atoms in total. The number of unbranched alkanes of at least 4 members (excludes halogenated alkanes) is 3. The van der Waals surface area contributed by atoms with E-state index in [9.17, 15) is 24.6 Å². The van der Waals surface area contributed by atoms with E-state index in [4.69, 9.17) is 73.0 Å². The van der Waals surface area contributed by atoms with Crippen molar-refractivity contribution in [1.29, 1.82) is 0 Å². The quantitative estimate of drug-likeness (QED) is 0.0398. The summed E-state index contributed by atoms with van der Waals surface area (Å²) in [6, 6.07) is 76.3. The monoisotopic (exact) mass is 2250 g/mol. The van der Waals surface area contributed by atoms with Gasteiger partial charge in [-0.15, -0.1) is 0 Å². The predicted octanol–water partition coefficient (Wildman–Crippen LogP) is 27.2. The van der Waals surface area contributed by atoms with E-state index >= 15 is 0 Å². The summed E-state index contributed by atoms with van der Waals surface area (Å²) in [5, 5.41) is 45.4. The fourth-order valence-corrected chi connectivity index (χ4v) is 31.2. The van der Waals surface area contributed by atoms with Crippen LogP contribution in [0.4, 0.5) is 0 Å². The number of aromatic nitrogens is 10. The molecule has 0 bridgehead atoms. The average Bonchev–Trinajstić information content (AvgIpc) is 1.62. The first-order valence-corrected chi connectivity index (χ1v) is 64.1. The van der Waals surface area contributed by atoms with Crippen molar-refractivity contribution < 1.29 is 69.6 Å². The summed E-state index contributed by atoms with van der Waals surface area (Å²) in [6.45, 7) is 30.4. The number of nitrogens with zero attached hydrogens (tertiary/aromatic N) is 10. The molecule has 0 fully saturated rings.